The first kappa shape index (κ1) is 13.7. The van der Waals surface area contributed by atoms with E-state index in [1.54, 1.807) is 24.5 Å². The minimum absolute atomic E-state index is 0.0994. The maximum Gasteiger partial charge on any atom is 0.360 e. The largest absolute Gasteiger partial charge is 0.421 e. The molecule has 2 heterocycles. The molecule has 0 saturated heterocycles. The molecule has 0 radical (unpaired) electrons. The van der Waals surface area contributed by atoms with Gasteiger partial charge in [-0.25, -0.2) is 9.69 Å². The summed E-state index contributed by atoms with van der Waals surface area (Å²) >= 11 is 0. The van der Waals surface area contributed by atoms with E-state index in [4.69, 9.17) is 4.42 Å². The molecule has 0 atom stereocenters. The monoisotopic (exact) mass is 272 g/mol. The molecule has 0 bridgehead atoms. The van der Waals surface area contributed by atoms with Gasteiger partial charge in [0.1, 0.15) is 11.4 Å². The van der Waals surface area contributed by atoms with Crippen LogP contribution in [0.5, 0.6) is 0 Å². The maximum absolute atomic E-state index is 11.9. The van der Waals surface area contributed by atoms with Crippen LogP contribution < -0.4 is 10.5 Å². The number of rotatable bonds is 2. The zero-order valence-electron chi connectivity index (χ0n) is 11.0. The lowest BCUT2D eigenvalue weighted by atomic mass is 10.2. The van der Waals surface area contributed by atoms with Crippen LogP contribution in [0.1, 0.15) is 13.8 Å². The molecule has 0 fully saturated rings. The van der Waals surface area contributed by atoms with Crippen molar-refractivity contribution in [1.82, 2.24) is 4.98 Å². The zero-order valence-corrected chi connectivity index (χ0v) is 11.0. The molecular formula is C14H12N2O4. The van der Waals surface area contributed by atoms with E-state index in [0.29, 0.717) is 11.3 Å². The van der Waals surface area contributed by atoms with Gasteiger partial charge in [-0.05, 0) is 24.3 Å². The zero-order chi connectivity index (χ0) is 14.7. The standard InChI is InChI=1S/C14H12N2O4/c1-9(17)16(10(2)18)12-5-6-13(20-14(12)19)11-4-3-7-15-8-11/h3-8H,1-2H3. The van der Waals surface area contributed by atoms with E-state index in [9.17, 15) is 14.4 Å². The molecule has 0 unspecified atom stereocenters. The molecule has 6 heteroatoms. The van der Waals surface area contributed by atoms with Gasteiger partial charge in [0.2, 0.25) is 11.8 Å². The summed E-state index contributed by atoms with van der Waals surface area (Å²) in [4.78, 5) is 39.4. The summed E-state index contributed by atoms with van der Waals surface area (Å²) in [6.07, 6.45) is 3.15. The van der Waals surface area contributed by atoms with E-state index >= 15 is 0 Å². The van der Waals surface area contributed by atoms with Crippen LogP contribution in [0.4, 0.5) is 5.69 Å². The number of carbonyl (C=O) groups is 2. The third-order valence-corrected chi connectivity index (χ3v) is 2.62. The summed E-state index contributed by atoms with van der Waals surface area (Å²) in [5.41, 5.74) is -0.220. The molecule has 102 valence electrons. The summed E-state index contributed by atoms with van der Waals surface area (Å²) in [5.74, 6) is -0.767. The second-order valence-electron chi connectivity index (χ2n) is 4.09. The summed E-state index contributed by atoms with van der Waals surface area (Å²) in [6, 6.07) is 6.35. The highest BCUT2D eigenvalue weighted by molar-refractivity contribution is 6.12. The van der Waals surface area contributed by atoms with Crippen molar-refractivity contribution in [2.24, 2.45) is 0 Å². The van der Waals surface area contributed by atoms with Gasteiger partial charge in [0.05, 0.1) is 0 Å². The number of amides is 2. The Bertz CT molecular complexity index is 693. The van der Waals surface area contributed by atoms with Crippen molar-refractivity contribution >= 4 is 17.5 Å². The van der Waals surface area contributed by atoms with Gasteiger partial charge in [-0.15, -0.1) is 0 Å². The van der Waals surface area contributed by atoms with Crippen LogP contribution in [-0.2, 0) is 9.59 Å². The molecule has 0 saturated carbocycles. The summed E-state index contributed by atoms with van der Waals surface area (Å²) < 4.78 is 5.13. The minimum atomic E-state index is -0.753. The summed E-state index contributed by atoms with van der Waals surface area (Å²) in [7, 11) is 0. The highest BCUT2D eigenvalue weighted by atomic mass is 16.4. The lowest BCUT2D eigenvalue weighted by Gasteiger charge is -2.15. The number of nitrogens with zero attached hydrogens (tertiary/aromatic N) is 2. The number of carbonyl (C=O) groups excluding carboxylic acids is 2. The first-order valence-corrected chi connectivity index (χ1v) is 5.86. The third kappa shape index (κ3) is 2.64. The van der Waals surface area contributed by atoms with Gasteiger partial charge in [0.15, 0.2) is 0 Å². The molecule has 0 aliphatic heterocycles. The van der Waals surface area contributed by atoms with Crippen LogP contribution in [-0.4, -0.2) is 16.8 Å². The predicted molar refractivity (Wildman–Crippen MR) is 72.1 cm³/mol. The molecule has 0 N–H and O–H groups in total. The average Bonchev–Trinajstić information content (AvgIpc) is 2.41. The van der Waals surface area contributed by atoms with Gasteiger partial charge in [0.25, 0.3) is 0 Å². The normalized spacial score (nSPS) is 10.1. The maximum atomic E-state index is 11.9. The van der Waals surface area contributed by atoms with Crippen molar-refractivity contribution in [3.05, 3.63) is 47.1 Å². The fourth-order valence-corrected chi connectivity index (χ4v) is 1.80. The molecule has 6 nitrogen and oxygen atoms in total. The summed E-state index contributed by atoms with van der Waals surface area (Å²) in [6.45, 7) is 2.41. The van der Waals surface area contributed by atoms with Gasteiger partial charge in [-0.3, -0.25) is 14.6 Å². The van der Waals surface area contributed by atoms with Crippen LogP contribution in [0.3, 0.4) is 0 Å². The molecule has 2 aromatic rings. The number of pyridine rings is 1. The number of hydrogen-bond donors (Lipinski definition) is 0. The van der Waals surface area contributed by atoms with Crippen LogP contribution >= 0.6 is 0 Å². The number of hydrogen-bond acceptors (Lipinski definition) is 5. The van der Waals surface area contributed by atoms with Crippen molar-refractivity contribution in [3.63, 3.8) is 0 Å². The third-order valence-electron chi connectivity index (χ3n) is 2.62. The number of aromatic nitrogens is 1. The van der Waals surface area contributed by atoms with Crippen LogP contribution in [0, 0.1) is 0 Å². The van der Waals surface area contributed by atoms with E-state index in [-0.39, 0.29) is 5.69 Å². The van der Waals surface area contributed by atoms with Crippen LogP contribution in [0.15, 0.2) is 45.9 Å². The Balaban J connectivity index is 2.48. The second kappa shape index (κ2) is 5.48. The fourth-order valence-electron chi connectivity index (χ4n) is 1.80. The van der Waals surface area contributed by atoms with E-state index < -0.39 is 17.4 Å². The van der Waals surface area contributed by atoms with Crippen molar-refractivity contribution in [2.45, 2.75) is 13.8 Å². The molecule has 2 aromatic heterocycles. The molecular weight excluding hydrogens is 260 g/mol. The van der Waals surface area contributed by atoms with E-state index in [0.717, 1.165) is 4.90 Å². The Morgan fingerprint density at radius 1 is 1.15 bits per heavy atom. The molecule has 0 aliphatic carbocycles. The van der Waals surface area contributed by atoms with Crippen molar-refractivity contribution < 1.29 is 14.0 Å². The van der Waals surface area contributed by atoms with Crippen molar-refractivity contribution in [2.75, 3.05) is 4.90 Å². The summed E-state index contributed by atoms with van der Waals surface area (Å²) in [5, 5.41) is 0. The first-order chi connectivity index (χ1) is 9.50. The van der Waals surface area contributed by atoms with Gasteiger partial charge in [-0.1, -0.05) is 0 Å². The number of anilines is 1. The smallest absolute Gasteiger partial charge is 0.360 e. The molecule has 2 amide bonds. The number of imide groups is 1. The lowest BCUT2D eigenvalue weighted by molar-refractivity contribution is -0.124. The highest BCUT2D eigenvalue weighted by Crippen LogP contribution is 2.19. The van der Waals surface area contributed by atoms with Gasteiger partial charge in [-0.2, -0.15) is 0 Å². The van der Waals surface area contributed by atoms with E-state index in [2.05, 4.69) is 4.98 Å². The molecule has 2 rings (SSSR count). The Morgan fingerprint density at radius 2 is 1.85 bits per heavy atom. The second-order valence-corrected chi connectivity index (χ2v) is 4.09. The van der Waals surface area contributed by atoms with Crippen molar-refractivity contribution in [1.29, 1.82) is 0 Å². The molecule has 0 aromatic carbocycles. The van der Waals surface area contributed by atoms with Crippen LogP contribution in [0.25, 0.3) is 11.3 Å². The highest BCUT2D eigenvalue weighted by Gasteiger charge is 2.20. The Labute approximate surface area is 114 Å². The average molecular weight is 272 g/mol. The van der Waals surface area contributed by atoms with Crippen molar-refractivity contribution in [3.8, 4) is 11.3 Å². The van der Waals surface area contributed by atoms with Gasteiger partial charge < -0.3 is 4.42 Å². The first-order valence-electron chi connectivity index (χ1n) is 5.86. The molecule has 20 heavy (non-hydrogen) atoms. The SMILES string of the molecule is CC(=O)N(C(C)=O)c1ccc(-c2cccnc2)oc1=O. The van der Waals surface area contributed by atoms with E-state index in [1.165, 1.54) is 26.0 Å². The Kier molecular flexibility index (Phi) is 3.74. The minimum Gasteiger partial charge on any atom is -0.421 e. The lowest BCUT2D eigenvalue weighted by Crippen LogP contribution is -2.36. The predicted octanol–water partition coefficient (Wildman–Crippen LogP) is 1.60. The fraction of sp³-hybridized carbons (Fsp3) is 0.143. The topological polar surface area (TPSA) is 80.5 Å². The Hall–Kier alpha value is -2.76. The van der Waals surface area contributed by atoms with E-state index in [1.807, 2.05) is 0 Å². The quantitative estimate of drug-likeness (QED) is 0.829. The van der Waals surface area contributed by atoms with Gasteiger partial charge in [0, 0.05) is 31.8 Å². The van der Waals surface area contributed by atoms with Gasteiger partial charge >= 0.3 is 5.63 Å². The Morgan fingerprint density at radius 3 is 2.35 bits per heavy atom. The van der Waals surface area contributed by atoms with Crippen LogP contribution in [0.2, 0.25) is 0 Å². The molecule has 0 spiro atoms. The molecule has 0 aliphatic rings.